The lowest BCUT2D eigenvalue weighted by atomic mass is 9.56. The first-order chi connectivity index (χ1) is 15.1. The minimum absolute atomic E-state index is 0.0123. The van der Waals surface area contributed by atoms with Crippen LogP contribution < -0.4 is 5.32 Å². The van der Waals surface area contributed by atoms with Gasteiger partial charge in [-0.05, 0) is 24.8 Å². The molecule has 0 aromatic heterocycles. The van der Waals surface area contributed by atoms with E-state index in [2.05, 4.69) is 21.2 Å². The van der Waals surface area contributed by atoms with Crippen LogP contribution in [-0.4, -0.2) is 48.8 Å². The number of hydrogen-bond acceptors (Lipinski definition) is 5. The average molecular weight is 546 g/mol. The Morgan fingerprint density at radius 1 is 1.16 bits per heavy atom. The minimum Gasteiger partial charge on any atom is -0.505 e. The largest absolute Gasteiger partial charge is 0.505 e. The van der Waals surface area contributed by atoms with Crippen molar-refractivity contribution < 1.29 is 28.7 Å². The number of hydrogen-bond donors (Lipinski definition) is 2. The summed E-state index contributed by atoms with van der Waals surface area (Å²) in [6, 6.07) is 3.81. The first-order valence-corrected chi connectivity index (χ1v) is 11.8. The van der Waals surface area contributed by atoms with Gasteiger partial charge < -0.3 is 5.11 Å². The van der Waals surface area contributed by atoms with E-state index in [1.807, 2.05) is 0 Å². The number of nitrogens with one attached hydrogen (secondary N) is 1. The molecule has 1 aromatic rings. The monoisotopic (exact) mass is 544 g/mol. The number of alkyl halides is 3. The van der Waals surface area contributed by atoms with Crippen LogP contribution in [0.15, 0.2) is 29.8 Å². The Morgan fingerprint density at radius 2 is 1.88 bits per heavy atom. The van der Waals surface area contributed by atoms with E-state index >= 15 is 0 Å². The van der Waals surface area contributed by atoms with Gasteiger partial charge in [-0.3, -0.25) is 29.4 Å². The first kappa shape index (κ1) is 21.9. The highest BCUT2D eigenvalue weighted by atomic mass is 79.9. The lowest BCUT2D eigenvalue weighted by Gasteiger charge is -2.50. The van der Waals surface area contributed by atoms with Gasteiger partial charge in [-0.1, -0.05) is 39.7 Å². The zero-order valence-corrected chi connectivity index (χ0v) is 19.4. The minimum atomic E-state index is -2.07. The molecule has 2 aliphatic heterocycles. The lowest BCUT2D eigenvalue weighted by Crippen LogP contribution is -2.60. The third-order valence-electron chi connectivity index (χ3n) is 7.19. The number of rotatable bonds is 2. The van der Waals surface area contributed by atoms with Crippen molar-refractivity contribution in [1.82, 2.24) is 10.2 Å². The second-order valence-electron chi connectivity index (χ2n) is 8.52. The Bertz CT molecular complexity index is 1150. The number of benzene rings is 1. The number of likely N-dealkylation sites (tertiary alicyclic amines) is 1. The third kappa shape index (κ3) is 2.47. The molecule has 3 fully saturated rings. The Labute approximate surface area is 200 Å². The average Bonchev–Trinajstić information content (AvgIpc) is 3.12. The maximum absolute atomic E-state index is 14.3. The van der Waals surface area contributed by atoms with Crippen molar-refractivity contribution in [1.29, 1.82) is 0 Å². The predicted octanol–water partition coefficient (Wildman–Crippen LogP) is 2.53. The van der Waals surface area contributed by atoms with Crippen LogP contribution in [0.1, 0.15) is 24.3 Å². The summed E-state index contributed by atoms with van der Waals surface area (Å²) in [6.07, 6.45) is 1.74. The number of carbonyl (C=O) groups is 4. The molecule has 0 spiro atoms. The van der Waals surface area contributed by atoms with Crippen LogP contribution in [-0.2, 0) is 19.2 Å². The molecular weight excluding hydrogens is 530 g/mol. The van der Waals surface area contributed by atoms with Gasteiger partial charge in [-0.15, -0.1) is 23.2 Å². The normalized spacial score (nSPS) is 38.2. The molecular formula is C21H16BrCl2FN2O5. The van der Waals surface area contributed by atoms with Crippen molar-refractivity contribution in [2.45, 2.75) is 28.5 Å². The number of aromatic hydroxyl groups is 1. The van der Waals surface area contributed by atoms with Crippen LogP contribution in [0.4, 0.5) is 4.39 Å². The van der Waals surface area contributed by atoms with Gasteiger partial charge in [0.05, 0.1) is 17.3 Å². The van der Waals surface area contributed by atoms with Crippen molar-refractivity contribution in [2.75, 3.05) is 5.45 Å². The summed E-state index contributed by atoms with van der Waals surface area (Å²) in [6.45, 7) is 0. The molecule has 2 N–H and O–H groups in total. The molecule has 2 aliphatic carbocycles. The molecule has 168 valence electrons. The number of phenolic OH excluding ortho intramolecular Hbond substituents is 1. The van der Waals surface area contributed by atoms with Crippen LogP contribution in [0.2, 0.25) is 0 Å². The number of fused-ring (bicyclic) bond motifs is 4. The van der Waals surface area contributed by atoms with Gasteiger partial charge in [0, 0.05) is 11.5 Å². The van der Waals surface area contributed by atoms with E-state index in [1.54, 1.807) is 6.08 Å². The van der Waals surface area contributed by atoms with E-state index in [0.717, 1.165) is 11.0 Å². The number of amides is 4. The highest BCUT2D eigenvalue weighted by molar-refractivity contribution is 9.09. The fraction of sp³-hybridized carbons (Fsp3) is 0.429. The highest BCUT2D eigenvalue weighted by Gasteiger charge is 2.76. The Hall–Kier alpha value is -1.97. The van der Waals surface area contributed by atoms with Crippen LogP contribution in [0.5, 0.6) is 5.75 Å². The molecule has 6 atom stereocenters. The molecule has 6 unspecified atom stereocenters. The molecule has 5 rings (SSSR count). The van der Waals surface area contributed by atoms with Crippen LogP contribution in [0, 0.1) is 23.6 Å². The second kappa shape index (κ2) is 7.01. The van der Waals surface area contributed by atoms with Crippen molar-refractivity contribution >= 4 is 62.8 Å². The summed E-state index contributed by atoms with van der Waals surface area (Å²) in [7, 11) is 0. The predicted molar refractivity (Wildman–Crippen MR) is 115 cm³/mol. The topological polar surface area (TPSA) is 104 Å². The molecule has 4 amide bonds. The van der Waals surface area contributed by atoms with E-state index in [9.17, 15) is 28.7 Å². The second-order valence-corrected chi connectivity index (χ2v) is 10.3. The van der Waals surface area contributed by atoms with Gasteiger partial charge in [0.1, 0.15) is 0 Å². The van der Waals surface area contributed by atoms with Gasteiger partial charge in [0.15, 0.2) is 21.3 Å². The quantitative estimate of drug-likeness (QED) is 0.257. The molecule has 1 saturated carbocycles. The number of phenols is 1. The fourth-order valence-electron chi connectivity index (χ4n) is 5.77. The molecule has 0 radical (unpaired) electrons. The third-order valence-corrected chi connectivity index (χ3v) is 9.10. The molecule has 2 heterocycles. The molecule has 0 bridgehead atoms. The fourth-order valence-corrected chi connectivity index (χ4v) is 7.19. The van der Waals surface area contributed by atoms with Gasteiger partial charge >= 0.3 is 0 Å². The molecule has 11 heteroatoms. The van der Waals surface area contributed by atoms with Crippen LogP contribution in [0.3, 0.4) is 0 Å². The summed E-state index contributed by atoms with van der Waals surface area (Å²) in [4.78, 5) is 48.5. The first-order valence-electron chi connectivity index (χ1n) is 9.90. The SMILES string of the molecule is O=C1NC(=O)C2C1CC=C1C2CC2(Cl)C(=O)N(CBr)C(=O)C2(Cl)C1c1cccc(F)c1O. The standard InChI is InChI=1S/C21H16BrCl2FN2O5/c22-7-27-18(31)20(23)6-11-8(4-5-9-13(11)17(30)26-16(9)29)14(21(20,24)19(27)32)10-2-1-3-12(25)15(10)28/h1-4,9,11,13-14,28H,5-7H2,(H,26,29,30). The summed E-state index contributed by atoms with van der Waals surface area (Å²) in [5.41, 5.74) is 0.312. The summed E-state index contributed by atoms with van der Waals surface area (Å²) in [5, 5.41) is 12.9. The Kier molecular flexibility index (Phi) is 4.79. The van der Waals surface area contributed by atoms with Gasteiger partial charge in [0.2, 0.25) is 11.8 Å². The summed E-state index contributed by atoms with van der Waals surface area (Å²) >= 11 is 17.0. The number of para-hydroxylation sites is 1. The maximum Gasteiger partial charge on any atom is 0.254 e. The van der Waals surface area contributed by atoms with Gasteiger partial charge in [-0.25, -0.2) is 4.39 Å². The van der Waals surface area contributed by atoms with E-state index in [0.29, 0.717) is 5.57 Å². The van der Waals surface area contributed by atoms with Crippen LogP contribution >= 0.6 is 39.1 Å². The zero-order chi connectivity index (χ0) is 23.2. The molecule has 2 saturated heterocycles. The van der Waals surface area contributed by atoms with E-state index in [1.165, 1.54) is 12.1 Å². The molecule has 4 aliphatic rings. The van der Waals surface area contributed by atoms with Crippen molar-refractivity contribution in [3.63, 3.8) is 0 Å². The molecule has 1 aromatic carbocycles. The molecule has 7 nitrogen and oxygen atoms in total. The lowest BCUT2D eigenvalue weighted by molar-refractivity contribution is -0.138. The molecule has 32 heavy (non-hydrogen) atoms. The smallest absolute Gasteiger partial charge is 0.254 e. The number of allylic oxidation sites excluding steroid dienone is 2. The zero-order valence-electron chi connectivity index (χ0n) is 16.3. The van der Waals surface area contributed by atoms with E-state index in [4.69, 9.17) is 23.2 Å². The van der Waals surface area contributed by atoms with E-state index in [-0.39, 0.29) is 23.9 Å². The number of halogens is 4. The number of carbonyl (C=O) groups excluding carboxylic acids is 4. The van der Waals surface area contributed by atoms with Crippen molar-refractivity contribution in [2.24, 2.45) is 17.8 Å². The van der Waals surface area contributed by atoms with Crippen molar-refractivity contribution in [3.05, 3.63) is 41.2 Å². The Balaban J connectivity index is 1.79. The van der Waals surface area contributed by atoms with E-state index < -0.39 is 68.6 Å². The van der Waals surface area contributed by atoms with Crippen molar-refractivity contribution in [3.8, 4) is 5.75 Å². The summed E-state index contributed by atoms with van der Waals surface area (Å²) in [5.74, 6) is -7.42. The van der Waals surface area contributed by atoms with Gasteiger partial charge in [0.25, 0.3) is 11.8 Å². The number of nitrogens with zero attached hydrogens (tertiary/aromatic N) is 1. The highest BCUT2D eigenvalue weighted by Crippen LogP contribution is 2.65. The number of imide groups is 2. The van der Waals surface area contributed by atoms with Gasteiger partial charge in [-0.2, -0.15) is 0 Å². The van der Waals surface area contributed by atoms with Crippen LogP contribution in [0.25, 0.3) is 0 Å². The Morgan fingerprint density at radius 3 is 2.56 bits per heavy atom. The maximum atomic E-state index is 14.3. The summed E-state index contributed by atoms with van der Waals surface area (Å²) < 4.78 is 14.3.